The SMILES string of the molecule is N#CCC(=O)Nc1cccc2c1CCC2. The molecule has 15 heavy (non-hydrogen) atoms. The molecule has 1 aromatic carbocycles. The van der Waals surface area contributed by atoms with Gasteiger partial charge >= 0.3 is 0 Å². The molecule has 0 atom stereocenters. The number of nitrogens with one attached hydrogen (secondary N) is 1. The Morgan fingerprint density at radius 3 is 3.13 bits per heavy atom. The first-order valence-electron chi connectivity index (χ1n) is 5.09. The van der Waals surface area contributed by atoms with Gasteiger partial charge in [-0.05, 0) is 36.5 Å². The maximum Gasteiger partial charge on any atom is 0.238 e. The summed E-state index contributed by atoms with van der Waals surface area (Å²) >= 11 is 0. The minimum Gasteiger partial charge on any atom is -0.325 e. The van der Waals surface area contributed by atoms with Crippen LogP contribution in [0.2, 0.25) is 0 Å². The van der Waals surface area contributed by atoms with Crippen LogP contribution in [0.4, 0.5) is 5.69 Å². The van der Waals surface area contributed by atoms with E-state index in [9.17, 15) is 4.79 Å². The Bertz CT molecular complexity index is 432. The van der Waals surface area contributed by atoms with Crippen LogP contribution in [-0.4, -0.2) is 5.91 Å². The normalized spacial score (nSPS) is 13.0. The molecule has 3 heteroatoms. The molecule has 2 rings (SSSR count). The van der Waals surface area contributed by atoms with E-state index in [0.29, 0.717) is 0 Å². The first-order chi connectivity index (χ1) is 7.31. The third-order valence-corrected chi connectivity index (χ3v) is 2.66. The lowest BCUT2D eigenvalue weighted by Crippen LogP contribution is -2.11. The lowest BCUT2D eigenvalue weighted by molar-refractivity contribution is -0.115. The van der Waals surface area contributed by atoms with Crippen LogP contribution in [-0.2, 0) is 17.6 Å². The Balaban J connectivity index is 2.19. The average Bonchev–Trinajstić information content (AvgIpc) is 2.67. The van der Waals surface area contributed by atoms with E-state index in [-0.39, 0.29) is 12.3 Å². The van der Waals surface area contributed by atoms with E-state index in [0.717, 1.165) is 24.9 Å². The summed E-state index contributed by atoms with van der Waals surface area (Å²) in [6, 6.07) is 7.80. The van der Waals surface area contributed by atoms with Gasteiger partial charge < -0.3 is 5.32 Å². The highest BCUT2D eigenvalue weighted by atomic mass is 16.1. The van der Waals surface area contributed by atoms with E-state index in [1.54, 1.807) is 0 Å². The number of fused-ring (bicyclic) bond motifs is 1. The van der Waals surface area contributed by atoms with Gasteiger partial charge in [0.05, 0.1) is 6.07 Å². The zero-order chi connectivity index (χ0) is 10.7. The molecule has 0 aliphatic heterocycles. The monoisotopic (exact) mass is 200 g/mol. The van der Waals surface area contributed by atoms with Gasteiger partial charge in [0.25, 0.3) is 0 Å². The van der Waals surface area contributed by atoms with Crippen LogP contribution in [0.3, 0.4) is 0 Å². The molecule has 1 N–H and O–H groups in total. The molecule has 1 aromatic rings. The molecule has 0 unspecified atom stereocenters. The van der Waals surface area contributed by atoms with Gasteiger partial charge in [-0.3, -0.25) is 4.79 Å². The van der Waals surface area contributed by atoms with Crippen LogP contribution >= 0.6 is 0 Å². The summed E-state index contributed by atoms with van der Waals surface area (Å²) in [6.45, 7) is 0. The number of benzene rings is 1. The molecule has 0 saturated carbocycles. The van der Waals surface area contributed by atoms with Gasteiger partial charge in [-0.25, -0.2) is 0 Å². The number of amides is 1. The van der Waals surface area contributed by atoms with Crippen LogP contribution < -0.4 is 5.32 Å². The first-order valence-corrected chi connectivity index (χ1v) is 5.09. The van der Waals surface area contributed by atoms with E-state index >= 15 is 0 Å². The predicted molar refractivity (Wildman–Crippen MR) is 57.3 cm³/mol. The van der Waals surface area contributed by atoms with E-state index in [1.807, 2.05) is 18.2 Å². The maximum atomic E-state index is 11.3. The molecule has 1 aliphatic rings. The number of nitriles is 1. The molecule has 3 nitrogen and oxygen atoms in total. The smallest absolute Gasteiger partial charge is 0.238 e. The molecule has 1 aliphatic carbocycles. The number of rotatable bonds is 2. The number of aryl methyl sites for hydroxylation is 1. The van der Waals surface area contributed by atoms with Crippen molar-refractivity contribution in [1.82, 2.24) is 0 Å². The summed E-state index contributed by atoms with van der Waals surface area (Å²) in [4.78, 5) is 11.3. The van der Waals surface area contributed by atoms with Gasteiger partial charge in [-0.2, -0.15) is 5.26 Å². The second-order valence-electron chi connectivity index (χ2n) is 3.68. The van der Waals surface area contributed by atoms with Gasteiger partial charge in [-0.15, -0.1) is 0 Å². The van der Waals surface area contributed by atoms with Crippen LogP contribution in [0.5, 0.6) is 0 Å². The van der Waals surface area contributed by atoms with Crippen molar-refractivity contribution in [2.24, 2.45) is 0 Å². The Labute approximate surface area is 88.7 Å². The van der Waals surface area contributed by atoms with Crippen molar-refractivity contribution in [2.75, 3.05) is 5.32 Å². The van der Waals surface area contributed by atoms with Crippen LogP contribution in [0.15, 0.2) is 18.2 Å². The van der Waals surface area contributed by atoms with Crippen molar-refractivity contribution < 1.29 is 4.79 Å². The number of hydrogen-bond acceptors (Lipinski definition) is 2. The summed E-state index contributed by atoms with van der Waals surface area (Å²) in [6.07, 6.45) is 3.19. The molecule has 0 saturated heterocycles. The van der Waals surface area contributed by atoms with E-state index in [4.69, 9.17) is 5.26 Å². The summed E-state index contributed by atoms with van der Waals surface area (Å²) in [7, 11) is 0. The van der Waals surface area contributed by atoms with Crippen LogP contribution in [0.1, 0.15) is 24.0 Å². The average molecular weight is 200 g/mol. The van der Waals surface area contributed by atoms with E-state index < -0.39 is 0 Å². The number of carbonyl (C=O) groups excluding carboxylic acids is 1. The largest absolute Gasteiger partial charge is 0.325 e. The molecule has 1 amide bonds. The Hall–Kier alpha value is -1.82. The third-order valence-electron chi connectivity index (χ3n) is 2.66. The zero-order valence-electron chi connectivity index (χ0n) is 8.42. The Morgan fingerprint density at radius 1 is 1.47 bits per heavy atom. The minimum absolute atomic E-state index is 0.0797. The minimum atomic E-state index is -0.224. The van der Waals surface area contributed by atoms with Gasteiger partial charge in [0.1, 0.15) is 6.42 Å². The highest BCUT2D eigenvalue weighted by Gasteiger charge is 2.15. The maximum absolute atomic E-state index is 11.3. The van der Waals surface area contributed by atoms with Crippen molar-refractivity contribution in [3.05, 3.63) is 29.3 Å². The highest BCUT2D eigenvalue weighted by Crippen LogP contribution is 2.28. The van der Waals surface area contributed by atoms with Gasteiger partial charge in [0.15, 0.2) is 0 Å². The molecule has 76 valence electrons. The molecule has 0 spiro atoms. The molecule has 0 heterocycles. The molecular weight excluding hydrogens is 188 g/mol. The Kier molecular flexibility index (Phi) is 2.68. The molecular formula is C12H12N2O. The summed E-state index contributed by atoms with van der Waals surface area (Å²) < 4.78 is 0. The first kappa shape index (κ1) is 9.72. The number of nitrogens with zero attached hydrogens (tertiary/aromatic N) is 1. The molecule has 0 radical (unpaired) electrons. The molecule has 0 fully saturated rings. The van der Waals surface area contributed by atoms with Crippen LogP contribution in [0, 0.1) is 11.3 Å². The van der Waals surface area contributed by atoms with E-state index in [1.165, 1.54) is 11.1 Å². The zero-order valence-corrected chi connectivity index (χ0v) is 8.42. The van der Waals surface area contributed by atoms with Gasteiger partial charge in [0.2, 0.25) is 5.91 Å². The third kappa shape index (κ3) is 1.99. The van der Waals surface area contributed by atoms with Crippen LogP contribution in [0.25, 0.3) is 0 Å². The van der Waals surface area contributed by atoms with Crippen molar-refractivity contribution >= 4 is 11.6 Å². The lowest BCUT2D eigenvalue weighted by atomic mass is 10.1. The molecule has 0 aromatic heterocycles. The van der Waals surface area contributed by atoms with Crippen molar-refractivity contribution in [1.29, 1.82) is 5.26 Å². The fourth-order valence-electron chi connectivity index (χ4n) is 2.00. The number of anilines is 1. The fourth-order valence-corrected chi connectivity index (χ4v) is 2.00. The summed E-state index contributed by atoms with van der Waals surface area (Å²) in [5, 5.41) is 11.2. The Morgan fingerprint density at radius 2 is 2.33 bits per heavy atom. The fraction of sp³-hybridized carbons (Fsp3) is 0.333. The van der Waals surface area contributed by atoms with Crippen molar-refractivity contribution in [3.8, 4) is 6.07 Å². The highest BCUT2D eigenvalue weighted by molar-refractivity contribution is 5.93. The number of carbonyl (C=O) groups is 1. The second kappa shape index (κ2) is 4.14. The predicted octanol–water partition coefficient (Wildman–Crippen LogP) is 2.03. The van der Waals surface area contributed by atoms with Gasteiger partial charge in [-0.1, -0.05) is 12.1 Å². The second-order valence-corrected chi connectivity index (χ2v) is 3.68. The van der Waals surface area contributed by atoms with Crippen molar-refractivity contribution in [2.45, 2.75) is 25.7 Å². The topological polar surface area (TPSA) is 52.9 Å². The lowest BCUT2D eigenvalue weighted by Gasteiger charge is -2.08. The van der Waals surface area contributed by atoms with Crippen molar-refractivity contribution in [3.63, 3.8) is 0 Å². The summed E-state index contributed by atoms with van der Waals surface area (Å²) in [5.74, 6) is -0.224. The number of hydrogen-bond donors (Lipinski definition) is 1. The summed E-state index contributed by atoms with van der Waals surface area (Å²) in [5.41, 5.74) is 3.44. The standard InChI is InChI=1S/C12H12N2O/c13-8-7-12(15)14-11-6-2-4-9-3-1-5-10(9)11/h2,4,6H,1,3,5,7H2,(H,14,15). The van der Waals surface area contributed by atoms with E-state index in [2.05, 4.69) is 11.4 Å². The molecule has 0 bridgehead atoms. The quantitative estimate of drug-likeness (QED) is 0.794. The van der Waals surface area contributed by atoms with Gasteiger partial charge in [0, 0.05) is 5.69 Å².